The van der Waals surface area contributed by atoms with Crippen molar-refractivity contribution < 1.29 is 14.7 Å². The molecule has 0 bridgehead atoms. The monoisotopic (exact) mass is 272 g/mol. The zero-order valence-electron chi connectivity index (χ0n) is 10.6. The number of aromatic amines is 1. The summed E-state index contributed by atoms with van der Waals surface area (Å²) in [6, 6.07) is 8.74. The molecule has 0 saturated heterocycles. The summed E-state index contributed by atoms with van der Waals surface area (Å²) in [5.41, 5.74) is 0.732. The minimum absolute atomic E-state index is 0.00193. The molecule has 0 atom stereocenters. The van der Waals surface area contributed by atoms with Crippen molar-refractivity contribution in [3.63, 3.8) is 0 Å². The van der Waals surface area contributed by atoms with Crippen LogP contribution in [0.2, 0.25) is 0 Å². The number of carboxylic acids is 1. The Hall–Kier alpha value is -2.89. The van der Waals surface area contributed by atoms with Gasteiger partial charge in [-0.05, 0) is 43.3 Å². The zero-order valence-corrected chi connectivity index (χ0v) is 10.6. The first-order valence-corrected chi connectivity index (χ1v) is 5.82. The molecule has 1 aromatic carbocycles. The van der Waals surface area contributed by atoms with Crippen LogP contribution in [0.15, 0.2) is 41.2 Å². The van der Waals surface area contributed by atoms with Crippen LogP contribution in [-0.4, -0.2) is 22.0 Å². The number of carbonyl (C=O) groups is 2. The fourth-order valence-electron chi connectivity index (χ4n) is 1.65. The van der Waals surface area contributed by atoms with E-state index in [0.717, 1.165) is 0 Å². The molecule has 1 amide bonds. The summed E-state index contributed by atoms with van der Waals surface area (Å²) in [7, 11) is 0. The molecule has 6 heteroatoms. The lowest BCUT2D eigenvalue weighted by atomic mass is 10.2. The van der Waals surface area contributed by atoms with Crippen LogP contribution < -0.4 is 10.9 Å². The van der Waals surface area contributed by atoms with Crippen LogP contribution in [0.4, 0.5) is 5.69 Å². The Morgan fingerprint density at radius 1 is 1.10 bits per heavy atom. The molecular weight excluding hydrogens is 260 g/mol. The molecule has 2 rings (SSSR count). The molecular formula is C14H12N2O4. The van der Waals surface area contributed by atoms with Gasteiger partial charge in [0, 0.05) is 11.4 Å². The molecule has 1 heterocycles. The number of benzene rings is 1. The normalized spacial score (nSPS) is 10.1. The van der Waals surface area contributed by atoms with Gasteiger partial charge in [0.15, 0.2) is 0 Å². The van der Waals surface area contributed by atoms with Crippen molar-refractivity contribution >= 4 is 17.6 Å². The van der Waals surface area contributed by atoms with Crippen molar-refractivity contribution in [3.05, 3.63) is 63.6 Å². The maximum absolute atomic E-state index is 11.9. The molecule has 6 nitrogen and oxygen atoms in total. The van der Waals surface area contributed by atoms with Crippen molar-refractivity contribution in [2.45, 2.75) is 6.92 Å². The summed E-state index contributed by atoms with van der Waals surface area (Å²) in [5.74, 6) is -1.59. The number of hydrogen-bond donors (Lipinski definition) is 3. The second-order valence-electron chi connectivity index (χ2n) is 4.22. The largest absolute Gasteiger partial charge is 0.478 e. The van der Waals surface area contributed by atoms with E-state index < -0.39 is 17.4 Å². The molecule has 0 radical (unpaired) electrons. The predicted molar refractivity (Wildman–Crippen MR) is 73.2 cm³/mol. The Labute approximate surface area is 114 Å². The van der Waals surface area contributed by atoms with E-state index in [0.29, 0.717) is 11.4 Å². The number of nitrogens with one attached hydrogen (secondary N) is 2. The van der Waals surface area contributed by atoms with Crippen LogP contribution in [0.5, 0.6) is 0 Å². The van der Waals surface area contributed by atoms with Crippen molar-refractivity contribution in [2.75, 3.05) is 5.32 Å². The standard InChI is InChI=1S/C14H12N2O4/c1-8-2-7-11(12(17)15-8)13(18)16-10-5-3-9(4-6-10)14(19)20/h2-7H,1H3,(H,15,17)(H,16,18)(H,19,20). The Kier molecular flexibility index (Phi) is 3.65. The number of hydrogen-bond acceptors (Lipinski definition) is 3. The van der Waals surface area contributed by atoms with Gasteiger partial charge in [-0.15, -0.1) is 0 Å². The third-order valence-corrected chi connectivity index (χ3v) is 2.69. The lowest BCUT2D eigenvalue weighted by Gasteiger charge is -2.05. The van der Waals surface area contributed by atoms with Gasteiger partial charge in [-0.2, -0.15) is 0 Å². The lowest BCUT2D eigenvalue weighted by Crippen LogP contribution is -2.23. The minimum atomic E-state index is -1.04. The van der Waals surface area contributed by atoms with Crippen molar-refractivity contribution in [1.29, 1.82) is 0 Å². The van der Waals surface area contributed by atoms with Gasteiger partial charge in [0.25, 0.3) is 11.5 Å². The highest BCUT2D eigenvalue weighted by Gasteiger charge is 2.11. The summed E-state index contributed by atoms with van der Waals surface area (Å²) in [6.45, 7) is 1.72. The highest BCUT2D eigenvalue weighted by Crippen LogP contribution is 2.10. The molecule has 0 aliphatic heterocycles. The number of H-pyrrole nitrogens is 1. The molecule has 0 unspecified atom stereocenters. The number of carbonyl (C=O) groups excluding carboxylic acids is 1. The number of rotatable bonds is 3. The highest BCUT2D eigenvalue weighted by atomic mass is 16.4. The smallest absolute Gasteiger partial charge is 0.335 e. The van der Waals surface area contributed by atoms with Gasteiger partial charge in [0.2, 0.25) is 0 Å². The summed E-state index contributed by atoms with van der Waals surface area (Å²) >= 11 is 0. The number of anilines is 1. The van der Waals surface area contributed by atoms with E-state index in [1.807, 2.05) is 0 Å². The first-order chi connectivity index (χ1) is 9.47. The second-order valence-corrected chi connectivity index (χ2v) is 4.22. The SMILES string of the molecule is Cc1ccc(C(=O)Nc2ccc(C(=O)O)cc2)c(=O)[nH]1. The number of aromatic carboxylic acids is 1. The molecule has 0 fully saturated rings. The van der Waals surface area contributed by atoms with Crippen LogP contribution >= 0.6 is 0 Å². The van der Waals surface area contributed by atoms with Gasteiger partial charge in [-0.25, -0.2) is 4.79 Å². The van der Waals surface area contributed by atoms with Gasteiger partial charge in [-0.3, -0.25) is 9.59 Å². The molecule has 3 N–H and O–H groups in total. The molecule has 0 spiro atoms. The predicted octanol–water partition coefficient (Wildman–Crippen LogP) is 1.63. The highest BCUT2D eigenvalue weighted by molar-refractivity contribution is 6.04. The summed E-state index contributed by atoms with van der Waals surface area (Å²) in [6.07, 6.45) is 0. The number of pyridine rings is 1. The van der Waals surface area contributed by atoms with Gasteiger partial charge >= 0.3 is 5.97 Å². The molecule has 0 aliphatic carbocycles. The van der Waals surface area contributed by atoms with E-state index in [2.05, 4.69) is 10.3 Å². The molecule has 20 heavy (non-hydrogen) atoms. The van der Waals surface area contributed by atoms with Crippen LogP contribution in [0.3, 0.4) is 0 Å². The lowest BCUT2D eigenvalue weighted by molar-refractivity contribution is 0.0696. The Morgan fingerprint density at radius 2 is 1.75 bits per heavy atom. The third kappa shape index (κ3) is 2.92. The molecule has 0 saturated carbocycles. The topological polar surface area (TPSA) is 99.3 Å². The van der Waals surface area contributed by atoms with Crippen molar-refractivity contribution in [2.24, 2.45) is 0 Å². The van der Waals surface area contributed by atoms with E-state index in [9.17, 15) is 14.4 Å². The average Bonchev–Trinajstić information content (AvgIpc) is 2.39. The van der Waals surface area contributed by atoms with E-state index in [1.54, 1.807) is 13.0 Å². The van der Waals surface area contributed by atoms with E-state index in [-0.39, 0.29) is 11.1 Å². The molecule has 102 valence electrons. The van der Waals surface area contributed by atoms with E-state index in [1.165, 1.54) is 30.3 Å². The Balaban J connectivity index is 2.19. The fraction of sp³-hybridized carbons (Fsp3) is 0.0714. The molecule has 0 aliphatic rings. The molecule has 2 aromatic rings. The average molecular weight is 272 g/mol. The number of carboxylic acid groups (broad SMARTS) is 1. The van der Waals surface area contributed by atoms with Crippen LogP contribution in [0.1, 0.15) is 26.4 Å². The van der Waals surface area contributed by atoms with Crippen LogP contribution in [0, 0.1) is 6.92 Å². The van der Waals surface area contributed by atoms with Crippen LogP contribution in [-0.2, 0) is 0 Å². The maximum atomic E-state index is 11.9. The summed E-state index contributed by atoms with van der Waals surface area (Å²) in [4.78, 5) is 36.8. The Morgan fingerprint density at radius 3 is 2.30 bits per heavy atom. The zero-order chi connectivity index (χ0) is 14.7. The minimum Gasteiger partial charge on any atom is -0.478 e. The van der Waals surface area contributed by atoms with Gasteiger partial charge in [-0.1, -0.05) is 0 Å². The van der Waals surface area contributed by atoms with E-state index in [4.69, 9.17) is 5.11 Å². The number of aromatic nitrogens is 1. The molecule has 1 aromatic heterocycles. The first kappa shape index (κ1) is 13.5. The number of aryl methyl sites for hydroxylation is 1. The number of amides is 1. The fourth-order valence-corrected chi connectivity index (χ4v) is 1.65. The van der Waals surface area contributed by atoms with Crippen molar-refractivity contribution in [3.8, 4) is 0 Å². The van der Waals surface area contributed by atoms with Gasteiger partial charge in [0.05, 0.1) is 5.56 Å². The first-order valence-electron chi connectivity index (χ1n) is 5.82. The van der Waals surface area contributed by atoms with Gasteiger partial charge in [0.1, 0.15) is 5.56 Å². The van der Waals surface area contributed by atoms with Gasteiger partial charge < -0.3 is 15.4 Å². The van der Waals surface area contributed by atoms with Crippen LogP contribution in [0.25, 0.3) is 0 Å². The van der Waals surface area contributed by atoms with Crippen molar-refractivity contribution in [1.82, 2.24) is 4.98 Å². The summed E-state index contributed by atoms with van der Waals surface area (Å²) in [5, 5.41) is 11.3. The second kappa shape index (κ2) is 5.40. The third-order valence-electron chi connectivity index (χ3n) is 2.69. The quantitative estimate of drug-likeness (QED) is 0.790. The van der Waals surface area contributed by atoms with E-state index >= 15 is 0 Å². The Bertz CT molecular complexity index is 717. The summed E-state index contributed by atoms with van der Waals surface area (Å²) < 4.78 is 0. The maximum Gasteiger partial charge on any atom is 0.335 e.